The lowest BCUT2D eigenvalue weighted by Crippen LogP contribution is -2.28. The Morgan fingerprint density at radius 3 is 2.80 bits per heavy atom. The summed E-state index contributed by atoms with van der Waals surface area (Å²) in [6.07, 6.45) is 3.75. The SMILES string of the molecule is CCCNCC1CCC(COc2ccc(Cl)c(Cl)c2)O1. The quantitative estimate of drug-likeness (QED) is 0.773. The number of hydrogen-bond donors (Lipinski definition) is 1. The summed E-state index contributed by atoms with van der Waals surface area (Å²) in [5.74, 6) is 0.732. The number of rotatable bonds is 7. The standard InChI is InChI=1S/C15H21Cl2NO2/c1-2-7-18-9-12-3-4-13(20-12)10-19-11-5-6-14(16)15(17)8-11/h5-6,8,12-13,18H,2-4,7,9-10H2,1H3. The van der Waals surface area contributed by atoms with E-state index >= 15 is 0 Å². The summed E-state index contributed by atoms with van der Waals surface area (Å²) < 4.78 is 11.6. The summed E-state index contributed by atoms with van der Waals surface area (Å²) in [7, 11) is 0. The molecule has 2 atom stereocenters. The molecule has 2 unspecified atom stereocenters. The van der Waals surface area contributed by atoms with Crippen LogP contribution in [-0.2, 0) is 4.74 Å². The van der Waals surface area contributed by atoms with Crippen molar-refractivity contribution in [1.82, 2.24) is 5.32 Å². The fraction of sp³-hybridized carbons (Fsp3) is 0.600. The maximum absolute atomic E-state index is 5.95. The van der Waals surface area contributed by atoms with E-state index in [-0.39, 0.29) is 6.10 Å². The van der Waals surface area contributed by atoms with Gasteiger partial charge in [-0.05, 0) is 37.9 Å². The molecular weight excluding hydrogens is 297 g/mol. The molecule has 0 saturated carbocycles. The molecule has 5 heteroatoms. The molecule has 112 valence electrons. The van der Waals surface area contributed by atoms with E-state index in [1.807, 2.05) is 6.07 Å². The summed E-state index contributed by atoms with van der Waals surface area (Å²) in [6.45, 7) is 4.69. The number of halogens is 2. The molecule has 3 nitrogen and oxygen atoms in total. The highest BCUT2D eigenvalue weighted by molar-refractivity contribution is 6.42. The summed E-state index contributed by atoms with van der Waals surface area (Å²) >= 11 is 11.8. The van der Waals surface area contributed by atoms with Crippen molar-refractivity contribution in [3.8, 4) is 5.75 Å². The second-order valence-corrected chi connectivity index (χ2v) is 5.86. The largest absolute Gasteiger partial charge is 0.491 e. The lowest BCUT2D eigenvalue weighted by atomic mass is 10.2. The molecule has 1 heterocycles. The van der Waals surface area contributed by atoms with Gasteiger partial charge in [0.25, 0.3) is 0 Å². The third-order valence-corrected chi connectivity index (χ3v) is 4.06. The van der Waals surface area contributed by atoms with Gasteiger partial charge in [-0.15, -0.1) is 0 Å². The van der Waals surface area contributed by atoms with Crippen molar-refractivity contribution >= 4 is 23.2 Å². The average molecular weight is 318 g/mol. The Bertz CT molecular complexity index is 428. The van der Waals surface area contributed by atoms with Gasteiger partial charge < -0.3 is 14.8 Å². The highest BCUT2D eigenvalue weighted by Gasteiger charge is 2.25. The smallest absolute Gasteiger partial charge is 0.121 e. The monoisotopic (exact) mass is 317 g/mol. The van der Waals surface area contributed by atoms with Gasteiger partial charge in [0.15, 0.2) is 0 Å². The van der Waals surface area contributed by atoms with Crippen molar-refractivity contribution in [2.75, 3.05) is 19.7 Å². The first-order valence-corrected chi connectivity index (χ1v) is 7.88. The molecule has 0 spiro atoms. The van der Waals surface area contributed by atoms with Crippen LogP contribution in [0.1, 0.15) is 26.2 Å². The van der Waals surface area contributed by atoms with Gasteiger partial charge in [0.05, 0.1) is 22.3 Å². The zero-order valence-corrected chi connectivity index (χ0v) is 13.2. The van der Waals surface area contributed by atoms with E-state index in [4.69, 9.17) is 32.7 Å². The predicted molar refractivity (Wildman–Crippen MR) is 83.0 cm³/mol. The van der Waals surface area contributed by atoms with Crippen LogP contribution in [0.5, 0.6) is 5.75 Å². The van der Waals surface area contributed by atoms with Crippen LogP contribution in [0.15, 0.2) is 18.2 Å². The molecule has 0 amide bonds. The molecule has 1 fully saturated rings. The van der Waals surface area contributed by atoms with Crippen molar-refractivity contribution in [2.24, 2.45) is 0 Å². The van der Waals surface area contributed by atoms with Gasteiger partial charge in [-0.3, -0.25) is 0 Å². The van der Waals surface area contributed by atoms with Crippen LogP contribution in [-0.4, -0.2) is 31.9 Å². The van der Waals surface area contributed by atoms with Gasteiger partial charge in [-0.2, -0.15) is 0 Å². The van der Waals surface area contributed by atoms with Gasteiger partial charge in [0, 0.05) is 12.6 Å². The van der Waals surface area contributed by atoms with Gasteiger partial charge in [-0.1, -0.05) is 30.1 Å². The molecule has 1 aromatic rings. The molecule has 0 aliphatic carbocycles. The lowest BCUT2D eigenvalue weighted by molar-refractivity contribution is 0.0187. The number of hydrogen-bond acceptors (Lipinski definition) is 3. The van der Waals surface area contributed by atoms with E-state index in [9.17, 15) is 0 Å². The Labute approximate surface area is 130 Å². The van der Waals surface area contributed by atoms with E-state index in [2.05, 4.69) is 12.2 Å². The zero-order valence-electron chi connectivity index (χ0n) is 11.7. The normalized spacial score (nSPS) is 22.1. The van der Waals surface area contributed by atoms with Crippen LogP contribution < -0.4 is 10.1 Å². The van der Waals surface area contributed by atoms with Gasteiger partial charge in [0.2, 0.25) is 0 Å². The molecule has 20 heavy (non-hydrogen) atoms. The van der Waals surface area contributed by atoms with E-state index in [1.54, 1.807) is 12.1 Å². The van der Waals surface area contributed by atoms with Crippen molar-refractivity contribution in [3.05, 3.63) is 28.2 Å². The highest BCUT2D eigenvalue weighted by Crippen LogP contribution is 2.27. The maximum Gasteiger partial charge on any atom is 0.121 e. The Balaban J connectivity index is 1.71. The fourth-order valence-electron chi connectivity index (χ4n) is 2.25. The molecule has 0 bridgehead atoms. The van der Waals surface area contributed by atoms with Crippen LogP contribution in [0.25, 0.3) is 0 Å². The number of benzene rings is 1. The van der Waals surface area contributed by atoms with Crippen molar-refractivity contribution < 1.29 is 9.47 Å². The van der Waals surface area contributed by atoms with Crippen LogP contribution in [0.4, 0.5) is 0 Å². The summed E-state index contributed by atoms with van der Waals surface area (Å²) in [5, 5.41) is 4.44. The van der Waals surface area contributed by atoms with E-state index in [0.29, 0.717) is 22.8 Å². The molecule has 1 aliphatic heterocycles. The van der Waals surface area contributed by atoms with Crippen molar-refractivity contribution in [1.29, 1.82) is 0 Å². The second-order valence-electron chi connectivity index (χ2n) is 5.05. The minimum Gasteiger partial charge on any atom is -0.491 e. The van der Waals surface area contributed by atoms with E-state index < -0.39 is 0 Å². The maximum atomic E-state index is 5.95. The van der Waals surface area contributed by atoms with Crippen LogP contribution >= 0.6 is 23.2 Å². The minimum absolute atomic E-state index is 0.165. The van der Waals surface area contributed by atoms with Crippen molar-refractivity contribution in [3.63, 3.8) is 0 Å². The van der Waals surface area contributed by atoms with Gasteiger partial charge >= 0.3 is 0 Å². The Kier molecular flexibility index (Phi) is 6.43. The highest BCUT2D eigenvalue weighted by atomic mass is 35.5. The van der Waals surface area contributed by atoms with Crippen LogP contribution in [0, 0.1) is 0 Å². The zero-order chi connectivity index (χ0) is 14.4. The molecule has 1 N–H and O–H groups in total. The molecule has 2 rings (SSSR count). The lowest BCUT2D eigenvalue weighted by Gasteiger charge is -2.15. The first kappa shape index (κ1) is 15.9. The predicted octanol–water partition coefficient (Wildman–Crippen LogP) is 3.92. The topological polar surface area (TPSA) is 30.5 Å². The molecule has 1 saturated heterocycles. The van der Waals surface area contributed by atoms with Gasteiger partial charge in [0.1, 0.15) is 12.4 Å². The molecule has 0 aromatic heterocycles. The first-order valence-electron chi connectivity index (χ1n) is 7.13. The average Bonchev–Trinajstić information content (AvgIpc) is 2.88. The molecule has 1 aromatic carbocycles. The second kappa shape index (κ2) is 8.08. The third kappa shape index (κ3) is 4.81. The van der Waals surface area contributed by atoms with Crippen LogP contribution in [0.2, 0.25) is 10.0 Å². The Morgan fingerprint density at radius 2 is 2.05 bits per heavy atom. The minimum atomic E-state index is 0.165. The van der Waals surface area contributed by atoms with Gasteiger partial charge in [-0.25, -0.2) is 0 Å². The summed E-state index contributed by atoms with van der Waals surface area (Å²) in [4.78, 5) is 0. The molecule has 0 radical (unpaired) electrons. The third-order valence-electron chi connectivity index (χ3n) is 3.32. The Morgan fingerprint density at radius 1 is 1.25 bits per heavy atom. The Hall–Kier alpha value is -0.480. The number of ether oxygens (including phenoxy) is 2. The van der Waals surface area contributed by atoms with Crippen LogP contribution in [0.3, 0.4) is 0 Å². The van der Waals surface area contributed by atoms with E-state index in [0.717, 1.165) is 38.1 Å². The summed E-state index contributed by atoms with van der Waals surface area (Å²) in [6, 6.07) is 5.30. The first-order chi connectivity index (χ1) is 9.69. The fourth-order valence-corrected chi connectivity index (χ4v) is 2.54. The molecule has 1 aliphatic rings. The van der Waals surface area contributed by atoms with Crippen molar-refractivity contribution in [2.45, 2.75) is 38.4 Å². The van der Waals surface area contributed by atoms with E-state index in [1.165, 1.54) is 0 Å². The summed E-state index contributed by atoms with van der Waals surface area (Å²) in [5.41, 5.74) is 0. The number of nitrogens with one attached hydrogen (secondary N) is 1. The molecular formula is C15H21Cl2NO2.